The second-order valence-corrected chi connectivity index (χ2v) is 7.19. The standard InChI is InChI=1S/C19H25N7O2/c1-12(2)9-25-10-14(19(24-25)28-5)18(27)22-16-8-6-7-15(21-16)17-23-20-11-26(17)13(3)4/h6-8,10-13H,9H2,1-5H3,(H,21,22,27). The number of methoxy groups -OCH3 is 1. The van der Waals surface area contributed by atoms with Gasteiger partial charge in [-0.15, -0.1) is 15.3 Å². The van der Waals surface area contributed by atoms with Crippen LogP contribution in [0.25, 0.3) is 11.5 Å². The van der Waals surface area contributed by atoms with Gasteiger partial charge in [-0.25, -0.2) is 4.98 Å². The number of carbonyl (C=O) groups excluding carboxylic acids is 1. The molecule has 3 aromatic rings. The van der Waals surface area contributed by atoms with E-state index < -0.39 is 0 Å². The molecule has 3 aromatic heterocycles. The van der Waals surface area contributed by atoms with E-state index in [2.05, 4.69) is 39.4 Å². The van der Waals surface area contributed by atoms with Crippen LogP contribution in [-0.2, 0) is 6.54 Å². The molecule has 0 aromatic carbocycles. The highest BCUT2D eigenvalue weighted by Crippen LogP contribution is 2.21. The summed E-state index contributed by atoms with van der Waals surface area (Å²) in [6.07, 6.45) is 3.36. The lowest BCUT2D eigenvalue weighted by atomic mass is 10.2. The Hall–Kier alpha value is -3.23. The average Bonchev–Trinajstić information content (AvgIpc) is 3.28. The molecule has 0 aliphatic rings. The van der Waals surface area contributed by atoms with Gasteiger partial charge >= 0.3 is 0 Å². The Morgan fingerprint density at radius 2 is 2.04 bits per heavy atom. The van der Waals surface area contributed by atoms with E-state index in [1.54, 1.807) is 23.3 Å². The third kappa shape index (κ3) is 4.19. The smallest absolute Gasteiger partial charge is 0.263 e. The maximum Gasteiger partial charge on any atom is 0.263 e. The van der Waals surface area contributed by atoms with Crippen molar-refractivity contribution in [3.05, 3.63) is 36.3 Å². The molecule has 0 aliphatic carbocycles. The molecule has 3 rings (SSSR count). The van der Waals surface area contributed by atoms with E-state index in [4.69, 9.17) is 4.74 Å². The van der Waals surface area contributed by atoms with E-state index in [0.717, 1.165) is 0 Å². The largest absolute Gasteiger partial charge is 0.479 e. The average molecular weight is 383 g/mol. The minimum Gasteiger partial charge on any atom is -0.479 e. The second kappa shape index (κ2) is 8.20. The van der Waals surface area contributed by atoms with Crippen molar-refractivity contribution in [1.82, 2.24) is 29.5 Å². The SMILES string of the molecule is COc1nn(CC(C)C)cc1C(=O)Nc1cccc(-c2nncn2C(C)C)n1. The van der Waals surface area contributed by atoms with Gasteiger partial charge in [0, 0.05) is 18.8 Å². The summed E-state index contributed by atoms with van der Waals surface area (Å²) in [5.41, 5.74) is 0.993. The van der Waals surface area contributed by atoms with Crippen molar-refractivity contribution in [1.29, 1.82) is 0 Å². The van der Waals surface area contributed by atoms with Gasteiger partial charge in [0.15, 0.2) is 5.82 Å². The van der Waals surface area contributed by atoms with Crippen molar-refractivity contribution in [3.8, 4) is 17.4 Å². The molecule has 28 heavy (non-hydrogen) atoms. The van der Waals surface area contributed by atoms with Crippen molar-refractivity contribution in [2.75, 3.05) is 12.4 Å². The summed E-state index contributed by atoms with van der Waals surface area (Å²) >= 11 is 0. The lowest BCUT2D eigenvalue weighted by Crippen LogP contribution is -2.14. The summed E-state index contributed by atoms with van der Waals surface area (Å²) in [5.74, 6) is 1.42. The summed E-state index contributed by atoms with van der Waals surface area (Å²) in [7, 11) is 1.50. The molecule has 0 fully saturated rings. The highest BCUT2D eigenvalue weighted by atomic mass is 16.5. The number of ether oxygens (including phenoxy) is 1. The fourth-order valence-corrected chi connectivity index (χ4v) is 2.79. The molecule has 0 aliphatic heterocycles. The van der Waals surface area contributed by atoms with Crippen LogP contribution in [0, 0.1) is 5.92 Å². The van der Waals surface area contributed by atoms with E-state index in [-0.39, 0.29) is 17.8 Å². The van der Waals surface area contributed by atoms with Gasteiger partial charge in [-0.05, 0) is 31.9 Å². The number of anilines is 1. The summed E-state index contributed by atoms with van der Waals surface area (Å²) < 4.78 is 8.90. The first-order chi connectivity index (χ1) is 13.4. The molecule has 1 amide bonds. The first-order valence-electron chi connectivity index (χ1n) is 9.18. The van der Waals surface area contributed by atoms with Crippen LogP contribution in [-0.4, -0.2) is 42.5 Å². The quantitative estimate of drug-likeness (QED) is 0.673. The third-order valence-corrected chi connectivity index (χ3v) is 4.07. The van der Waals surface area contributed by atoms with Gasteiger partial charge in [-0.1, -0.05) is 19.9 Å². The molecule has 9 heteroatoms. The Morgan fingerprint density at radius 1 is 1.25 bits per heavy atom. The van der Waals surface area contributed by atoms with E-state index >= 15 is 0 Å². The van der Waals surface area contributed by atoms with E-state index in [1.165, 1.54) is 7.11 Å². The normalized spacial score (nSPS) is 11.2. The fraction of sp³-hybridized carbons (Fsp3) is 0.421. The van der Waals surface area contributed by atoms with Gasteiger partial charge in [-0.3, -0.25) is 9.48 Å². The minimum atomic E-state index is -0.332. The van der Waals surface area contributed by atoms with Crippen molar-refractivity contribution in [3.63, 3.8) is 0 Å². The lowest BCUT2D eigenvalue weighted by Gasteiger charge is -2.10. The molecular weight excluding hydrogens is 358 g/mol. The first kappa shape index (κ1) is 19.5. The van der Waals surface area contributed by atoms with Crippen molar-refractivity contribution >= 4 is 11.7 Å². The van der Waals surface area contributed by atoms with Crippen LogP contribution < -0.4 is 10.1 Å². The molecule has 148 valence electrons. The first-order valence-corrected chi connectivity index (χ1v) is 9.18. The molecular formula is C19H25N7O2. The topological polar surface area (TPSA) is 99.8 Å². The van der Waals surface area contributed by atoms with Crippen molar-refractivity contribution in [2.24, 2.45) is 5.92 Å². The van der Waals surface area contributed by atoms with Crippen LogP contribution in [0.2, 0.25) is 0 Å². The van der Waals surface area contributed by atoms with Crippen molar-refractivity contribution in [2.45, 2.75) is 40.3 Å². The van der Waals surface area contributed by atoms with Gasteiger partial charge in [-0.2, -0.15) is 0 Å². The maximum absolute atomic E-state index is 12.7. The summed E-state index contributed by atoms with van der Waals surface area (Å²) in [6, 6.07) is 5.57. The molecule has 0 spiro atoms. The molecule has 0 bridgehead atoms. The number of hydrogen-bond acceptors (Lipinski definition) is 6. The lowest BCUT2D eigenvalue weighted by molar-refractivity contribution is 0.102. The van der Waals surface area contributed by atoms with Crippen LogP contribution in [0.3, 0.4) is 0 Å². The highest BCUT2D eigenvalue weighted by molar-refractivity contribution is 6.05. The zero-order valence-electron chi connectivity index (χ0n) is 16.7. The zero-order chi connectivity index (χ0) is 20.3. The van der Waals surface area contributed by atoms with Crippen LogP contribution in [0.5, 0.6) is 5.88 Å². The minimum absolute atomic E-state index is 0.195. The number of hydrogen-bond donors (Lipinski definition) is 1. The molecule has 1 N–H and O–H groups in total. The predicted octanol–water partition coefficient (Wildman–Crippen LogP) is 3.03. The van der Waals surface area contributed by atoms with Crippen LogP contribution >= 0.6 is 0 Å². The molecule has 0 atom stereocenters. The number of nitrogens with zero attached hydrogens (tertiary/aromatic N) is 6. The summed E-state index contributed by atoms with van der Waals surface area (Å²) in [5, 5.41) is 15.2. The number of aromatic nitrogens is 6. The number of rotatable bonds is 7. The van der Waals surface area contributed by atoms with E-state index in [9.17, 15) is 4.79 Å². The third-order valence-electron chi connectivity index (χ3n) is 4.07. The van der Waals surface area contributed by atoms with Crippen LogP contribution in [0.15, 0.2) is 30.7 Å². The number of amides is 1. The second-order valence-electron chi connectivity index (χ2n) is 7.19. The molecule has 9 nitrogen and oxygen atoms in total. The van der Waals surface area contributed by atoms with Gasteiger partial charge in [0.05, 0.1) is 7.11 Å². The predicted molar refractivity (Wildman–Crippen MR) is 105 cm³/mol. The molecule has 0 unspecified atom stereocenters. The highest BCUT2D eigenvalue weighted by Gasteiger charge is 2.19. The van der Waals surface area contributed by atoms with Gasteiger partial charge in [0.2, 0.25) is 5.88 Å². The molecule has 0 saturated carbocycles. The Kier molecular flexibility index (Phi) is 5.72. The van der Waals surface area contributed by atoms with Crippen molar-refractivity contribution < 1.29 is 9.53 Å². The molecule has 0 radical (unpaired) electrons. The Bertz CT molecular complexity index is 959. The monoisotopic (exact) mass is 383 g/mol. The fourth-order valence-electron chi connectivity index (χ4n) is 2.79. The van der Waals surface area contributed by atoms with Gasteiger partial charge in [0.1, 0.15) is 23.4 Å². The maximum atomic E-state index is 12.7. The Balaban J connectivity index is 1.84. The van der Waals surface area contributed by atoms with E-state index in [0.29, 0.717) is 35.4 Å². The number of nitrogens with one attached hydrogen (secondary N) is 1. The van der Waals surface area contributed by atoms with Gasteiger partial charge in [0.25, 0.3) is 5.91 Å². The summed E-state index contributed by atoms with van der Waals surface area (Å²) in [4.78, 5) is 17.3. The van der Waals surface area contributed by atoms with Crippen LogP contribution in [0.4, 0.5) is 5.82 Å². The Morgan fingerprint density at radius 3 is 2.71 bits per heavy atom. The molecule has 3 heterocycles. The van der Waals surface area contributed by atoms with Gasteiger partial charge < -0.3 is 14.6 Å². The molecule has 0 saturated heterocycles. The van der Waals surface area contributed by atoms with Crippen LogP contribution in [0.1, 0.15) is 44.1 Å². The zero-order valence-corrected chi connectivity index (χ0v) is 16.7. The number of pyridine rings is 1. The number of carbonyl (C=O) groups is 1. The Labute approximate surface area is 163 Å². The summed E-state index contributed by atoms with van der Waals surface area (Å²) in [6.45, 7) is 8.94. The van der Waals surface area contributed by atoms with E-state index in [1.807, 2.05) is 30.5 Å².